The Morgan fingerprint density at radius 2 is 1.90 bits per heavy atom. The van der Waals surface area contributed by atoms with Crippen molar-refractivity contribution < 1.29 is 4.79 Å². The number of alkyl halides is 1. The molecule has 0 heterocycles. The highest BCUT2D eigenvalue weighted by molar-refractivity contribution is 6.34. The molecule has 0 atom stereocenters. The van der Waals surface area contributed by atoms with Crippen LogP contribution in [0.5, 0.6) is 0 Å². The van der Waals surface area contributed by atoms with Gasteiger partial charge in [0.1, 0.15) is 0 Å². The fourth-order valence-corrected chi connectivity index (χ4v) is 2.27. The van der Waals surface area contributed by atoms with Crippen LogP contribution >= 0.6 is 23.2 Å². The molecule has 2 aromatic carbocycles. The van der Waals surface area contributed by atoms with Crippen molar-refractivity contribution in [3.63, 3.8) is 0 Å². The van der Waals surface area contributed by atoms with Crippen LogP contribution in [0.15, 0.2) is 48.5 Å². The molecular formula is C16H15Cl2NO. The molecule has 4 heteroatoms. The van der Waals surface area contributed by atoms with Crippen molar-refractivity contribution in [2.75, 3.05) is 11.2 Å². The van der Waals surface area contributed by atoms with E-state index in [1.807, 2.05) is 24.3 Å². The van der Waals surface area contributed by atoms with Gasteiger partial charge in [0.15, 0.2) is 0 Å². The van der Waals surface area contributed by atoms with E-state index in [0.717, 1.165) is 24.1 Å². The summed E-state index contributed by atoms with van der Waals surface area (Å²) in [6, 6.07) is 14.8. The smallest absolute Gasteiger partial charge is 0.257 e. The zero-order valence-electron chi connectivity index (χ0n) is 10.9. The summed E-state index contributed by atoms with van der Waals surface area (Å²) in [6.07, 6.45) is 1.82. The molecule has 0 saturated carbocycles. The van der Waals surface area contributed by atoms with Crippen LogP contribution in [0.3, 0.4) is 0 Å². The maximum Gasteiger partial charge on any atom is 0.257 e. The molecule has 0 spiro atoms. The lowest BCUT2D eigenvalue weighted by atomic mass is 10.1. The molecule has 0 fully saturated rings. The lowest BCUT2D eigenvalue weighted by molar-refractivity contribution is 0.102. The third-order valence-electron chi connectivity index (χ3n) is 2.90. The van der Waals surface area contributed by atoms with E-state index in [0.29, 0.717) is 16.5 Å². The second-order valence-corrected chi connectivity index (χ2v) is 5.21. The topological polar surface area (TPSA) is 29.1 Å². The average Bonchev–Trinajstić information content (AvgIpc) is 2.46. The van der Waals surface area contributed by atoms with Gasteiger partial charge in [-0.2, -0.15) is 0 Å². The largest absolute Gasteiger partial charge is 0.322 e. The van der Waals surface area contributed by atoms with Gasteiger partial charge >= 0.3 is 0 Å². The molecule has 0 bridgehead atoms. The summed E-state index contributed by atoms with van der Waals surface area (Å²) < 4.78 is 0. The van der Waals surface area contributed by atoms with Gasteiger partial charge < -0.3 is 5.32 Å². The first kappa shape index (κ1) is 14.9. The van der Waals surface area contributed by atoms with Crippen LogP contribution in [0.25, 0.3) is 0 Å². The van der Waals surface area contributed by atoms with Gasteiger partial charge in [-0.05, 0) is 42.7 Å². The summed E-state index contributed by atoms with van der Waals surface area (Å²) >= 11 is 11.7. The van der Waals surface area contributed by atoms with Gasteiger partial charge in [-0.15, -0.1) is 11.6 Å². The van der Waals surface area contributed by atoms with Crippen LogP contribution in [-0.4, -0.2) is 11.8 Å². The van der Waals surface area contributed by atoms with Gasteiger partial charge in [0.25, 0.3) is 5.91 Å². The zero-order chi connectivity index (χ0) is 14.4. The summed E-state index contributed by atoms with van der Waals surface area (Å²) in [5.41, 5.74) is 2.39. The van der Waals surface area contributed by atoms with Crippen molar-refractivity contribution in [3.8, 4) is 0 Å². The molecule has 1 N–H and O–H groups in total. The van der Waals surface area contributed by atoms with E-state index in [2.05, 4.69) is 5.32 Å². The lowest BCUT2D eigenvalue weighted by Crippen LogP contribution is -2.12. The van der Waals surface area contributed by atoms with Crippen molar-refractivity contribution >= 4 is 34.8 Å². The maximum atomic E-state index is 12.1. The number of aryl methyl sites for hydroxylation is 1. The average molecular weight is 308 g/mol. The van der Waals surface area contributed by atoms with Crippen molar-refractivity contribution in [1.82, 2.24) is 0 Å². The van der Waals surface area contributed by atoms with Gasteiger partial charge in [0.05, 0.1) is 10.6 Å². The van der Waals surface area contributed by atoms with Gasteiger partial charge in [-0.3, -0.25) is 4.79 Å². The summed E-state index contributed by atoms with van der Waals surface area (Å²) in [5, 5.41) is 3.31. The molecule has 2 nitrogen and oxygen atoms in total. The minimum absolute atomic E-state index is 0.204. The Bertz CT molecular complexity index is 599. The van der Waals surface area contributed by atoms with Crippen LogP contribution in [0.4, 0.5) is 5.69 Å². The lowest BCUT2D eigenvalue weighted by Gasteiger charge is -2.08. The molecule has 2 aromatic rings. The summed E-state index contributed by atoms with van der Waals surface area (Å²) in [6.45, 7) is 0. The monoisotopic (exact) mass is 307 g/mol. The Kier molecular flexibility index (Phi) is 5.45. The summed E-state index contributed by atoms with van der Waals surface area (Å²) in [4.78, 5) is 12.1. The number of amides is 1. The van der Waals surface area contributed by atoms with Crippen molar-refractivity contribution in [1.29, 1.82) is 0 Å². The standard InChI is InChI=1S/C16H15Cl2NO/c17-10-4-6-12-5-3-7-13(11-12)19-16(20)14-8-1-2-9-15(14)18/h1-3,5,7-9,11H,4,6,10H2,(H,19,20). The molecule has 20 heavy (non-hydrogen) atoms. The third kappa shape index (κ3) is 3.99. The minimum atomic E-state index is -0.204. The quantitative estimate of drug-likeness (QED) is 0.792. The van der Waals surface area contributed by atoms with E-state index in [-0.39, 0.29) is 5.91 Å². The van der Waals surface area contributed by atoms with E-state index in [4.69, 9.17) is 23.2 Å². The van der Waals surface area contributed by atoms with Crippen molar-refractivity contribution in [3.05, 3.63) is 64.7 Å². The van der Waals surface area contributed by atoms with Crippen LogP contribution in [-0.2, 0) is 6.42 Å². The predicted molar refractivity (Wildman–Crippen MR) is 84.9 cm³/mol. The van der Waals surface area contributed by atoms with Gasteiger partial charge in [0.2, 0.25) is 0 Å². The maximum absolute atomic E-state index is 12.1. The molecule has 0 aliphatic carbocycles. The number of nitrogens with one attached hydrogen (secondary N) is 1. The highest BCUT2D eigenvalue weighted by atomic mass is 35.5. The fourth-order valence-electron chi connectivity index (χ4n) is 1.92. The summed E-state index contributed by atoms with van der Waals surface area (Å²) in [5.74, 6) is 0.432. The Balaban J connectivity index is 2.10. The number of benzene rings is 2. The van der Waals surface area contributed by atoms with Gasteiger partial charge in [0, 0.05) is 11.6 Å². The van der Waals surface area contributed by atoms with E-state index in [9.17, 15) is 4.79 Å². The molecule has 0 saturated heterocycles. The normalized spacial score (nSPS) is 10.3. The molecule has 0 aliphatic rings. The number of anilines is 1. The number of rotatable bonds is 5. The highest BCUT2D eigenvalue weighted by Gasteiger charge is 2.09. The first-order chi connectivity index (χ1) is 9.70. The van der Waals surface area contributed by atoms with Crippen LogP contribution in [0.1, 0.15) is 22.3 Å². The highest BCUT2D eigenvalue weighted by Crippen LogP contribution is 2.18. The molecule has 0 radical (unpaired) electrons. The Labute approximate surface area is 128 Å². The SMILES string of the molecule is O=C(Nc1cccc(CCCCl)c1)c1ccccc1Cl. The predicted octanol–water partition coefficient (Wildman–Crippen LogP) is 4.76. The van der Waals surface area contributed by atoms with Gasteiger partial charge in [-0.25, -0.2) is 0 Å². The first-order valence-electron chi connectivity index (χ1n) is 6.41. The number of carbonyl (C=O) groups is 1. The second-order valence-electron chi connectivity index (χ2n) is 4.43. The number of halogens is 2. The fraction of sp³-hybridized carbons (Fsp3) is 0.188. The Hall–Kier alpha value is -1.51. The zero-order valence-corrected chi connectivity index (χ0v) is 12.4. The Morgan fingerprint density at radius 1 is 1.10 bits per heavy atom. The molecule has 1 amide bonds. The second kappa shape index (κ2) is 7.32. The third-order valence-corrected chi connectivity index (χ3v) is 3.50. The summed E-state index contributed by atoms with van der Waals surface area (Å²) in [7, 11) is 0. The molecule has 2 rings (SSSR count). The molecular weight excluding hydrogens is 293 g/mol. The number of carbonyl (C=O) groups excluding carboxylic acids is 1. The van der Waals surface area contributed by atoms with Crippen LogP contribution in [0.2, 0.25) is 5.02 Å². The van der Waals surface area contributed by atoms with E-state index in [1.165, 1.54) is 0 Å². The molecule has 0 aliphatic heterocycles. The van der Waals surface area contributed by atoms with Crippen molar-refractivity contribution in [2.45, 2.75) is 12.8 Å². The van der Waals surface area contributed by atoms with Gasteiger partial charge in [-0.1, -0.05) is 35.9 Å². The molecule has 0 unspecified atom stereocenters. The van der Waals surface area contributed by atoms with Crippen LogP contribution < -0.4 is 5.32 Å². The first-order valence-corrected chi connectivity index (χ1v) is 7.33. The number of hydrogen-bond acceptors (Lipinski definition) is 1. The van der Waals surface area contributed by atoms with E-state index in [1.54, 1.807) is 24.3 Å². The molecule has 0 aromatic heterocycles. The molecule has 104 valence electrons. The number of hydrogen-bond donors (Lipinski definition) is 1. The minimum Gasteiger partial charge on any atom is -0.322 e. The van der Waals surface area contributed by atoms with E-state index >= 15 is 0 Å². The Morgan fingerprint density at radius 3 is 2.65 bits per heavy atom. The van der Waals surface area contributed by atoms with E-state index < -0.39 is 0 Å². The van der Waals surface area contributed by atoms with Crippen LogP contribution in [0, 0.1) is 0 Å². The van der Waals surface area contributed by atoms with Crippen molar-refractivity contribution in [2.24, 2.45) is 0 Å².